The van der Waals surface area contributed by atoms with Gasteiger partial charge in [0.1, 0.15) is 5.52 Å². The number of nitrogens with one attached hydrogen (secondary N) is 1. The number of anilines is 1. The number of nitrogens with zero attached hydrogens (tertiary/aromatic N) is 1. The molecule has 0 unspecified atom stereocenters. The number of rotatable bonds is 4. The van der Waals surface area contributed by atoms with E-state index in [1.54, 1.807) is 42.5 Å². The third kappa shape index (κ3) is 3.09. The Morgan fingerprint density at radius 1 is 0.867 bits per heavy atom. The van der Waals surface area contributed by atoms with Crippen LogP contribution in [-0.4, -0.2) is 28.2 Å². The van der Waals surface area contributed by atoms with Crippen molar-refractivity contribution in [2.45, 2.75) is 5.22 Å². The van der Waals surface area contributed by atoms with E-state index in [1.807, 2.05) is 24.3 Å². The second kappa shape index (κ2) is 7.27. The van der Waals surface area contributed by atoms with E-state index in [2.05, 4.69) is 10.3 Å². The largest absolute Gasteiger partial charge is 0.431 e. The number of hydrogen-bond acceptors (Lipinski definition) is 6. The quantitative estimate of drug-likeness (QED) is 0.440. The lowest BCUT2D eigenvalue weighted by atomic mass is 9.83. The Labute approximate surface area is 175 Å². The molecule has 4 aromatic rings. The van der Waals surface area contributed by atoms with Crippen molar-refractivity contribution in [3.63, 3.8) is 0 Å². The predicted molar refractivity (Wildman–Crippen MR) is 113 cm³/mol. The molecule has 5 rings (SSSR count). The molecule has 0 radical (unpaired) electrons. The number of hydrogen-bond donors (Lipinski definition) is 1. The molecule has 7 heteroatoms. The third-order valence-corrected chi connectivity index (χ3v) is 5.66. The van der Waals surface area contributed by atoms with Crippen LogP contribution in [0.4, 0.5) is 5.69 Å². The minimum Gasteiger partial charge on any atom is -0.431 e. The maximum atomic E-state index is 13.0. The molecule has 0 saturated heterocycles. The van der Waals surface area contributed by atoms with Crippen LogP contribution in [0.2, 0.25) is 0 Å². The van der Waals surface area contributed by atoms with Crippen molar-refractivity contribution >= 4 is 46.0 Å². The third-order valence-electron chi connectivity index (χ3n) is 4.83. The minimum absolute atomic E-state index is 0.0508. The molecule has 0 spiro atoms. The van der Waals surface area contributed by atoms with Crippen LogP contribution in [0.3, 0.4) is 0 Å². The molecule has 1 N–H and O–H groups in total. The van der Waals surface area contributed by atoms with E-state index in [-0.39, 0.29) is 28.8 Å². The standard InChI is InChI=1S/C23H14N2O4S/c26-19(12-30-23-25-16-9-3-4-11-18(16)29-23)24-17-10-5-8-15-20(17)22(28)14-7-2-1-6-13(14)21(15)27/h1-11H,12H2,(H,24,26). The Kier molecular flexibility index (Phi) is 4.44. The summed E-state index contributed by atoms with van der Waals surface area (Å²) in [6.07, 6.45) is 0. The molecule has 0 saturated carbocycles. The number of thioether (sulfide) groups is 1. The number of aromatic nitrogens is 1. The highest BCUT2D eigenvalue weighted by Gasteiger charge is 2.31. The molecule has 1 aliphatic rings. The van der Waals surface area contributed by atoms with Gasteiger partial charge in [0.15, 0.2) is 17.1 Å². The van der Waals surface area contributed by atoms with E-state index in [0.717, 1.165) is 17.3 Å². The minimum atomic E-state index is -0.324. The van der Waals surface area contributed by atoms with Gasteiger partial charge in [-0.3, -0.25) is 14.4 Å². The van der Waals surface area contributed by atoms with Crippen molar-refractivity contribution in [1.82, 2.24) is 4.98 Å². The number of fused-ring (bicyclic) bond motifs is 3. The smallest absolute Gasteiger partial charge is 0.257 e. The average Bonchev–Trinajstić information content (AvgIpc) is 3.19. The van der Waals surface area contributed by atoms with E-state index in [1.165, 1.54) is 0 Å². The van der Waals surface area contributed by atoms with Crippen molar-refractivity contribution in [1.29, 1.82) is 0 Å². The number of amides is 1. The van der Waals surface area contributed by atoms with Crippen LogP contribution in [0.15, 0.2) is 76.4 Å². The van der Waals surface area contributed by atoms with E-state index in [9.17, 15) is 14.4 Å². The summed E-state index contributed by atoms with van der Waals surface area (Å²) in [6, 6.07) is 18.9. The highest BCUT2D eigenvalue weighted by atomic mass is 32.2. The SMILES string of the molecule is O=C(CSc1nc2ccccc2o1)Nc1cccc2c1C(=O)c1ccccc1C2=O. The van der Waals surface area contributed by atoms with E-state index in [0.29, 0.717) is 33.2 Å². The lowest BCUT2D eigenvalue weighted by Crippen LogP contribution is -2.24. The zero-order valence-electron chi connectivity index (χ0n) is 15.5. The second-order valence-corrected chi connectivity index (χ2v) is 7.64. The van der Waals surface area contributed by atoms with Gasteiger partial charge in [-0.2, -0.15) is 0 Å². The van der Waals surface area contributed by atoms with Crippen LogP contribution in [0.25, 0.3) is 11.1 Å². The van der Waals surface area contributed by atoms with E-state index >= 15 is 0 Å². The first-order chi connectivity index (χ1) is 14.6. The highest BCUT2D eigenvalue weighted by Crippen LogP contribution is 2.32. The number of benzene rings is 3. The number of para-hydroxylation sites is 2. The Bertz CT molecular complexity index is 1310. The van der Waals surface area contributed by atoms with Crippen LogP contribution >= 0.6 is 11.8 Å². The van der Waals surface area contributed by atoms with Crippen LogP contribution in [0, 0.1) is 0 Å². The van der Waals surface area contributed by atoms with Gasteiger partial charge in [0.25, 0.3) is 5.22 Å². The Balaban J connectivity index is 1.37. The topological polar surface area (TPSA) is 89.3 Å². The van der Waals surface area contributed by atoms with Crippen molar-refractivity contribution in [3.05, 3.63) is 89.0 Å². The number of ketones is 2. The summed E-state index contributed by atoms with van der Waals surface area (Å²) in [5.74, 6) is -0.774. The summed E-state index contributed by atoms with van der Waals surface area (Å²) in [6.45, 7) is 0. The van der Waals surface area contributed by atoms with Gasteiger partial charge in [0, 0.05) is 16.7 Å². The molecular weight excluding hydrogens is 400 g/mol. The fourth-order valence-corrected chi connectivity index (χ4v) is 4.11. The zero-order valence-corrected chi connectivity index (χ0v) is 16.4. The Hall–Kier alpha value is -3.71. The number of carbonyl (C=O) groups excluding carboxylic acids is 3. The zero-order chi connectivity index (χ0) is 20.7. The average molecular weight is 414 g/mol. The van der Waals surface area contributed by atoms with Crippen molar-refractivity contribution in [3.8, 4) is 0 Å². The summed E-state index contributed by atoms with van der Waals surface area (Å²) in [4.78, 5) is 42.6. The van der Waals surface area contributed by atoms with E-state index < -0.39 is 0 Å². The summed E-state index contributed by atoms with van der Waals surface area (Å²) in [7, 11) is 0. The number of oxazole rings is 1. The fraction of sp³-hybridized carbons (Fsp3) is 0.0435. The van der Waals surface area contributed by atoms with Crippen LogP contribution in [0.1, 0.15) is 31.8 Å². The van der Waals surface area contributed by atoms with Gasteiger partial charge in [-0.25, -0.2) is 4.98 Å². The Morgan fingerprint density at radius 3 is 2.37 bits per heavy atom. The van der Waals surface area contributed by atoms with Crippen molar-refractivity contribution < 1.29 is 18.8 Å². The van der Waals surface area contributed by atoms with Crippen molar-refractivity contribution in [2.24, 2.45) is 0 Å². The molecule has 6 nitrogen and oxygen atoms in total. The Morgan fingerprint density at radius 2 is 1.57 bits per heavy atom. The van der Waals surface area contributed by atoms with Crippen LogP contribution in [-0.2, 0) is 4.79 Å². The van der Waals surface area contributed by atoms with Gasteiger partial charge in [-0.05, 0) is 18.2 Å². The monoisotopic (exact) mass is 414 g/mol. The molecule has 0 aliphatic heterocycles. The maximum absolute atomic E-state index is 13.0. The molecule has 1 heterocycles. The first-order valence-electron chi connectivity index (χ1n) is 9.21. The van der Waals surface area contributed by atoms with E-state index in [4.69, 9.17) is 4.42 Å². The van der Waals surface area contributed by atoms with Gasteiger partial charge in [-0.1, -0.05) is 60.3 Å². The molecule has 0 bridgehead atoms. The molecule has 146 valence electrons. The first kappa shape index (κ1) is 18.3. The molecule has 1 aromatic heterocycles. The lowest BCUT2D eigenvalue weighted by Gasteiger charge is -2.20. The lowest BCUT2D eigenvalue weighted by molar-refractivity contribution is -0.113. The highest BCUT2D eigenvalue weighted by molar-refractivity contribution is 7.99. The summed E-state index contributed by atoms with van der Waals surface area (Å²) >= 11 is 1.16. The summed E-state index contributed by atoms with van der Waals surface area (Å²) in [5, 5.41) is 3.14. The molecule has 0 atom stereocenters. The molecule has 30 heavy (non-hydrogen) atoms. The normalized spacial score (nSPS) is 12.5. The van der Waals surface area contributed by atoms with Gasteiger partial charge in [0.2, 0.25) is 5.91 Å². The molecule has 0 fully saturated rings. The second-order valence-electron chi connectivity index (χ2n) is 6.72. The summed E-state index contributed by atoms with van der Waals surface area (Å²) in [5.41, 5.74) is 2.94. The fourth-order valence-electron chi connectivity index (χ4n) is 3.48. The van der Waals surface area contributed by atoms with Crippen LogP contribution < -0.4 is 5.32 Å². The molecule has 1 amide bonds. The summed E-state index contributed by atoms with van der Waals surface area (Å²) < 4.78 is 5.60. The first-order valence-corrected chi connectivity index (χ1v) is 10.2. The van der Waals surface area contributed by atoms with Gasteiger partial charge in [-0.15, -0.1) is 0 Å². The predicted octanol–water partition coefficient (Wildman–Crippen LogP) is 4.33. The molecule has 1 aliphatic carbocycles. The van der Waals surface area contributed by atoms with Gasteiger partial charge >= 0.3 is 0 Å². The number of carbonyl (C=O) groups is 3. The molecular formula is C23H14N2O4S. The maximum Gasteiger partial charge on any atom is 0.257 e. The van der Waals surface area contributed by atoms with Gasteiger partial charge in [0.05, 0.1) is 17.0 Å². The van der Waals surface area contributed by atoms with Gasteiger partial charge < -0.3 is 9.73 Å². The van der Waals surface area contributed by atoms with Crippen LogP contribution in [0.5, 0.6) is 0 Å². The van der Waals surface area contributed by atoms with Crippen molar-refractivity contribution in [2.75, 3.05) is 11.1 Å². The molecule has 3 aromatic carbocycles.